The van der Waals surface area contributed by atoms with Crippen molar-refractivity contribution >= 4 is 17.5 Å². The van der Waals surface area contributed by atoms with Crippen molar-refractivity contribution in [2.75, 3.05) is 12.4 Å². The first-order valence-electron chi connectivity index (χ1n) is 9.48. The molecule has 3 aliphatic rings. The maximum absolute atomic E-state index is 13.5. The second kappa shape index (κ2) is 6.83. The van der Waals surface area contributed by atoms with Gasteiger partial charge in [-0.25, -0.2) is 8.78 Å². The molecule has 2 bridgehead atoms. The number of hydrogen-bond donors (Lipinski definition) is 2. The molecule has 0 spiro atoms. The van der Waals surface area contributed by atoms with Crippen LogP contribution in [-0.2, 0) is 4.79 Å². The van der Waals surface area contributed by atoms with Gasteiger partial charge in [0.2, 0.25) is 5.91 Å². The fraction of sp³-hybridized carbons (Fsp3) is 0.364. The van der Waals surface area contributed by atoms with Crippen molar-refractivity contribution < 1.29 is 23.1 Å². The minimum atomic E-state index is -0.519. The van der Waals surface area contributed by atoms with Gasteiger partial charge in [-0.3, -0.25) is 9.59 Å². The lowest BCUT2D eigenvalue weighted by atomic mass is 9.36. The van der Waals surface area contributed by atoms with Crippen LogP contribution in [0.2, 0.25) is 0 Å². The van der Waals surface area contributed by atoms with Crippen LogP contribution in [0.15, 0.2) is 42.5 Å². The maximum Gasteiger partial charge on any atom is 0.251 e. The summed E-state index contributed by atoms with van der Waals surface area (Å²) in [4.78, 5) is 25.1. The van der Waals surface area contributed by atoms with E-state index < -0.39 is 5.82 Å². The number of halogens is 2. The molecule has 5 rings (SSSR count). The number of methoxy groups -OCH3 is 1. The Kier molecular flexibility index (Phi) is 4.56. The lowest BCUT2D eigenvalue weighted by molar-refractivity contribution is -0.184. The van der Waals surface area contributed by atoms with Gasteiger partial charge in [0.1, 0.15) is 5.82 Å². The van der Waals surface area contributed by atoms with Crippen molar-refractivity contribution in [1.29, 1.82) is 0 Å². The number of rotatable bonds is 6. The molecule has 3 fully saturated rings. The maximum atomic E-state index is 13.5. The zero-order valence-electron chi connectivity index (χ0n) is 16.2. The Labute approximate surface area is 167 Å². The Hall–Kier alpha value is -2.96. The van der Waals surface area contributed by atoms with Crippen LogP contribution < -0.4 is 15.4 Å². The first-order chi connectivity index (χ1) is 13.8. The van der Waals surface area contributed by atoms with Gasteiger partial charge in [0.25, 0.3) is 5.91 Å². The van der Waals surface area contributed by atoms with Crippen LogP contribution >= 0.6 is 0 Å². The minimum absolute atomic E-state index is 0.0257. The normalized spacial score (nSPS) is 25.2. The number of ether oxygens (including phenoxy) is 1. The molecule has 0 aliphatic heterocycles. The van der Waals surface area contributed by atoms with Crippen LogP contribution in [-0.4, -0.2) is 24.5 Å². The van der Waals surface area contributed by atoms with Gasteiger partial charge in [-0.05, 0) is 67.1 Å². The molecule has 5 nitrogen and oxygen atoms in total. The van der Waals surface area contributed by atoms with E-state index in [-0.39, 0.29) is 40.3 Å². The van der Waals surface area contributed by atoms with Gasteiger partial charge >= 0.3 is 0 Å². The van der Waals surface area contributed by atoms with Crippen molar-refractivity contribution in [1.82, 2.24) is 5.32 Å². The van der Waals surface area contributed by atoms with Gasteiger partial charge in [-0.15, -0.1) is 0 Å². The van der Waals surface area contributed by atoms with E-state index in [0.29, 0.717) is 11.3 Å². The monoisotopic (exact) mass is 400 g/mol. The fourth-order valence-electron chi connectivity index (χ4n) is 4.63. The predicted molar refractivity (Wildman–Crippen MR) is 104 cm³/mol. The van der Waals surface area contributed by atoms with Crippen LogP contribution in [0.3, 0.4) is 0 Å². The molecule has 3 aliphatic carbocycles. The molecule has 2 amide bonds. The van der Waals surface area contributed by atoms with Crippen molar-refractivity contribution in [3.05, 3.63) is 59.7 Å². The first kappa shape index (κ1) is 19.4. The standard InChI is InChI=1S/C22H22F2N2O3/c1-13(19(27)25-16-6-4-15(23)5-7-16)21-10-22(11-21,12-21)26-20(28)14-3-8-17(24)18(9-14)29-2/h3-9,13H,10-12H2,1-2H3,(H,25,27)(H,26,28). The molecular formula is C22H22F2N2O3. The Morgan fingerprint density at radius 2 is 1.72 bits per heavy atom. The smallest absolute Gasteiger partial charge is 0.251 e. The molecule has 2 N–H and O–H groups in total. The van der Waals surface area contributed by atoms with Crippen molar-refractivity contribution in [2.24, 2.45) is 11.3 Å². The highest BCUT2D eigenvalue weighted by Crippen LogP contribution is 2.70. The molecule has 1 atom stereocenters. The van der Waals surface area contributed by atoms with Crippen LogP contribution in [0.1, 0.15) is 36.5 Å². The summed E-state index contributed by atoms with van der Waals surface area (Å²) >= 11 is 0. The highest BCUT2D eigenvalue weighted by atomic mass is 19.1. The number of carbonyl (C=O) groups is 2. The average Bonchev–Trinajstić information content (AvgIpc) is 2.65. The van der Waals surface area contributed by atoms with Crippen molar-refractivity contribution in [2.45, 2.75) is 31.7 Å². The van der Waals surface area contributed by atoms with E-state index in [1.807, 2.05) is 6.92 Å². The molecule has 1 unspecified atom stereocenters. The Bertz CT molecular complexity index is 955. The molecule has 0 heterocycles. The second-order valence-corrected chi connectivity index (χ2v) is 8.19. The van der Waals surface area contributed by atoms with Gasteiger partial charge in [0.15, 0.2) is 11.6 Å². The second-order valence-electron chi connectivity index (χ2n) is 8.19. The van der Waals surface area contributed by atoms with Crippen LogP contribution in [0, 0.1) is 23.0 Å². The van der Waals surface area contributed by atoms with Gasteiger partial charge in [-0.2, -0.15) is 0 Å². The van der Waals surface area contributed by atoms with E-state index in [0.717, 1.165) is 19.3 Å². The molecular weight excluding hydrogens is 378 g/mol. The predicted octanol–water partition coefficient (Wildman–Crippen LogP) is 3.90. The van der Waals surface area contributed by atoms with E-state index >= 15 is 0 Å². The van der Waals surface area contributed by atoms with E-state index in [4.69, 9.17) is 4.74 Å². The summed E-state index contributed by atoms with van der Waals surface area (Å²) in [6.07, 6.45) is 2.17. The number of carbonyl (C=O) groups excluding carboxylic acids is 2. The van der Waals surface area contributed by atoms with Crippen LogP contribution in [0.25, 0.3) is 0 Å². The first-order valence-corrected chi connectivity index (χ1v) is 9.48. The van der Waals surface area contributed by atoms with E-state index in [1.165, 1.54) is 49.6 Å². The quantitative estimate of drug-likeness (QED) is 0.773. The van der Waals surface area contributed by atoms with Crippen molar-refractivity contribution in [3.8, 4) is 5.75 Å². The SMILES string of the molecule is COc1cc(C(=O)NC23CC(C(C)C(=O)Nc4ccc(F)cc4)(C2)C3)ccc1F. The van der Waals surface area contributed by atoms with E-state index in [1.54, 1.807) is 0 Å². The highest BCUT2D eigenvalue weighted by molar-refractivity contribution is 5.96. The molecule has 0 saturated heterocycles. The number of amides is 2. The number of anilines is 1. The molecule has 3 saturated carbocycles. The molecule has 0 radical (unpaired) electrons. The molecule has 29 heavy (non-hydrogen) atoms. The Morgan fingerprint density at radius 3 is 2.34 bits per heavy atom. The van der Waals surface area contributed by atoms with Crippen molar-refractivity contribution in [3.63, 3.8) is 0 Å². The molecule has 2 aromatic carbocycles. The summed E-state index contributed by atoms with van der Waals surface area (Å²) in [6, 6.07) is 9.67. The Balaban J connectivity index is 1.34. The average molecular weight is 400 g/mol. The number of benzene rings is 2. The van der Waals surface area contributed by atoms with Gasteiger partial charge in [-0.1, -0.05) is 6.92 Å². The molecule has 152 valence electrons. The lowest BCUT2D eigenvalue weighted by Gasteiger charge is -2.72. The van der Waals surface area contributed by atoms with Gasteiger partial charge < -0.3 is 15.4 Å². The fourth-order valence-corrected chi connectivity index (χ4v) is 4.63. The zero-order valence-corrected chi connectivity index (χ0v) is 16.2. The summed E-state index contributed by atoms with van der Waals surface area (Å²) in [7, 11) is 1.35. The van der Waals surface area contributed by atoms with Crippen LogP contribution in [0.4, 0.5) is 14.5 Å². The van der Waals surface area contributed by atoms with E-state index in [9.17, 15) is 18.4 Å². The summed E-state index contributed by atoms with van der Waals surface area (Å²) in [5.41, 5.74) is 0.466. The topological polar surface area (TPSA) is 67.4 Å². The third-order valence-electron chi connectivity index (χ3n) is 6.29. The van der Waals surface area contributed by atoms with Gasteiger partial charge in [0.05, 0.1) is 7.11 Å². The number of hydrogen-bond acceptors (Lipinski definition) is 3. The molecule has 2 aromatic rings. The van der Waals surface area contributed by atoms with Crippen LogP contribution in [0.5, 0.6) is 5.75 Å². The summed E-state index contributed by atoms with van der Waals surface area (Å²) < 4.78 is 31.5. The van der Waals surface area contributed by atoms with E-state index in [2.05, 4.69) is 10.6 Å². The zero-order chi connectivity index (χ0) is 20.8. The highest BCUT2D eigenvalue weighted by Gasteiger charge is 2.71. The molecule has 0 aromatic heterocycles. The molecule has 7 heteroatoms. The summed E-state index contributed by atoms with van der Waals surface area (Å²) in [6.45, 7) is 1.88. The third kappa shape index (κ3) is 3.34. The Morgan fingerprint density at radius 1 is 1.07 bits per heavy atom. The lowest BCUT2D eigenvalue weighted by Crippen LogP contribution is -2.77. The minimum Gasteiger partial charge on any atom is -0.494 e. The largest absolute Gasteiger partial charge is 0.494 e. The third-order valence-corrected chi connectivity index (χ3v) is 6.29. The summed E-state index contributed by atoms with van der Waals surface area (Å²) in [5.74, 6) is -1.46. The number of nitrogens with one attached hydrogen (secondary N) is 2. The summed E-state index contributed by atoms with van der Waals surface area (Å²) in [5, 5.41) is 5.85. The van der Waals surface area contributed by atoms with Gasteiger partial charge in [0, 0.05) is 22.7 Å².